The SMILES string of the molecule is NC(=O)c1ccc(N(S)C(=O)NC(=O)c2ccccc2Cl)cc1. The highest BCUT2D eigenvalue weighted by molar-refractivity contribution is 7.82. The van der Waals surface area contributed by atoms with Gasteiger partial charge in [-0.25, -0.2) is 9.10 Å². The van der Waals surface area contributed by atoms with Crippen LogP contribution in [0.4, 0.5) is 10.5 Å². The Hall–Kier alpha value is -2.51. The highest BCUT2D eigenvalue weighted by Gasteiger charge is 2.18. The van der Waals surface area contributed by atoms with Crippen molar-refractivity contribution < 1.29 is 14.4 Å². The minimum Gasteiger partial charge on any atom is -0.366 e. The molecule has 0 fully saturated rings. The number of nitrogens with one attached hydrogen (secondary N) is 1. The summed E-state index contributed by atoms with van der Waals surface area (Å²) in [5, 5.41) is 2.40. The first kappa shape index (κ1) is 16.9. The van der Waals surface area contributed by atoms with Gasteiger partial charge in [-0.1, -0.05) is 36.5 Å². The van der Waals surface area contributed by atoms with Crippen LogP contribution in [0.25, 0.3) is 0 Å². The van der Waals surface area contributed by atoms with Crippen LogP contribution >= 0.6 is 24.4 Å². The van der Waals surface area contributed by atoms with Gasteiger partial charge in [0.2, 0.25) is 5.91 Å². The van der Waals surface area contributed by atoms with Crippen molar-refractivity contribution >= 4 is 47.9 Å². The zero-order valence-corrected chi connectivity index (χ0v) is 13.3. The molecule has 0 unspecified atom stereocenters. The Morgan fingerprint density at radius 3 is 2.22 bits per heavy atom. The second-order valence-corrected chi connectivity index (χ2v) is 5.27. The fourth-order valence-corrected chi connectivity index (χ4v) is 2.15. The van der Waals surface area contributed by atoms with Crippen molar-refractivity contribution in [3.63, 3.8) is 0 Å². The highest BCUT2D eigenvalue weighted by Crippen LogP contribution is 2.18. The number of anilines is 1. The van der Waals surface area contributed by atoms with E-state index in [0.29, 0.717) is 11.3 Å². The van der Waals surface area contributed by atoms with Crippen LogP contribution < -0.4 is 15.4 Å². The number of carbonyl (C=O) groups is 3. The zero-order valence-electron chi connectivity index (χ0n) is 11.7. The Bertz CT molecular complexity index is 765. The minimum atomic E-state index is -0.759. The van der Waals surface area contributed by atoms with Crippen molar-refractivity contribution in [3.05, 3.63) is 64.7 Å². The topological polar surface area (TPSA) is 92.5 Å². The summed E-state index contributed by atoms with van der Waals surface area (Å²) in [5.74, 6) is -1.23. The monoisotopic (exact) mass is 349 g/mol. The molecule has 2 aromatic carbocycles. The second kappa shape index (κ2) is 7.17. The smallest absolute Gasteiger partial charge is 0.338 e. The molecule has 0 heterocycles. The van der Waals surface area contributed by atoms with Crippen LogP contribution in [0, 0.1) is 0 Å². The summed E-state index contributed by atoms with van der Waals surface area (Å²) in [6.07, 6.45) is 0. The van der Waals surface area contributed by atoms with Crippen LogP contribution in [-0.2, 0) is 0 Å². The van der Waals surface area contributed by atoms with Crippen molar-refractivity contribution in [2.45, 2.75) is 0 Å². The molecular formula is C15H12ClN3O3S. The van der Waals surface area contributed by atoms with Gasteiger partial charge in [0.1, 0.15) is 0 Å². The number of benzene rings is 2. The third-order valence-electron chi connectivity index (χ3n) is 2.93. The van der Waals surface area contributed by atoms with E-state index in [1.54, 1.807) is 18.2 Å². The van der Waals surface area contributed by atoms with E-state index in [-0.39, 0.29) is 10.6 Å². The fourth-order valence-electron chi connectivity index (χ4n) is 1.75. The maximum atomic E-state index is 12.0. The molecular weight excluding hydrogens is 338 g/mol. The lowest BCUT2D eigenvalue weighted by molar-refractivity contribution is 0.0964. The lowest BCUT2D eigenvalue weighted by Crippen LogP contribution is -2.38. The number of hydrogen-bond donors (Lipinski definition) is 3. The van der Waals surface area contributed by atoms with E-state index >= 15 is 0 Å². The quantitative estimate of drug-likeness (QED) is 0.744. The van der Waals surface area contributed by atoms with Crippen molar-refractivity contribution in [1.82, 2.24) is 5.32 Å². The molecule has 0 radical (unpaired) electrons. The second-order valence-electron chi connectivity index (χ2n) is 4.46. The van der Waals surface area contributed by atoms with E-state index in [1.807, 2.05) is 0 Å². The van der Waals surface area contributed by atoms with Gasteiger partial charge in [-0.3, -0.25) is 14.9 Å². The molecule has 23 heavy (non-hydrogen) atoms. The molecule has 118 valence electrons. The van der Waals surface area contributed by atoms with Gasteiger partial charge >= 0.3 is 6.03 Å². The number of urea groups is 1. The Morgan fingerprint density at radius 1 is 1.04 bits per heavy atom. The van der Waals surface area contributed by atoms with Crippen LogP contribution in [0.5, 0.6) is 0 Å². The van der Waals surface area contributed by atoms with E-state index in [4.69, 9.17) is 17.3 Å². The van der Waals surface area contributed by atoms with Crippen molar-refractivity contribution in [1.29, 1.82) is 0 Å². The van der Waals surface area contributed by atoms with Crippen molar-refractivity contribution in [2.24, 2.45) is 5.73 Å². The summed E-state index contributed by atoms with van der Waals surface area (Å²) in [6.45, 7) is 0. The van der Waals surface area contributed by atoms with E-state index in [0.717, 1.165) is 4.31 Å². The van der Waals surface area contributed by atoms with Crippen LogP contribution in [0.3, 0.4) is 0 Å². The molecule has 0 atom stereocenters. The van der Waals surface area contributed by atoms with Crippen LogP contribution in [-0.4, -0.2) is 17.8 Å². The predicted molar refractivity (Wildman–Crippen MR) is 90.7 cm³/mol. The standard InChI is InChI=1S/C15H12ClN3O3S/c16-12-4-2-1-3-11(12)14(21)18-15(22)19(23)10-7-5-9(6-8-10)13(17)20/h1-8,23H,(H2,17,20)(H,18,21,22). The number of primary amides is 1. The third kappa shape index (κ3) is 4.02. The Labute approximate surface area is 142 Å². The number of carbonyl (C=O) groups excluding carboxylic acids is 3. The molecule has 0 aliphatic rings. The number of amides is 4. The molecule has 0 saturated heterocycles. The Kier molecular flexibility index (Phi) is 5.25. The van der Waals surface area contributed by atoms with E-state index < -0.39 is 17.8 Å². The van der Waals surface area contributed by atoms with Gasteiger partial charge in [0.25, 0.3) is 5.91 Å². The number of thiol groups is 1. The van der Waals surface area contributed by atoms with Gasteiger partial charge in [0.15, 0.2) is 0 Å². The fraction of sp³-hybridized carbons (Fsp3) is 0. The first-order valence-electron chi connectivity index (χ1n) is 6.39. The van der Waals surface area contributed by atoms with Crippen LogP contribution in [0.15, 0.2) is 48.5 Å². The summed E-state index contributed by atoms with van der Waals surface area (Å²) in [7, 11) is 0. The number of imide groups is 1. The molecule has 3 N–H and O–H groups in total. The summed E-state index contributed by atoms with van der Waals surface area (Å²) in [6, 6.07) is 11.4. The summed E-state index contributed by atoms with van der Waals surface area (Å²) >= 11 is 9.93. The predicted octanol–water partition coefficient (Wildman–Crippen LogP) is 2.64. The maximum absolute atomic E-state index is 12.0. The molecule has 2 aromatic rings. The normalized spacial score (nSPS) is 10.0. The number of nitrogens with zero attached hydrogens (tertiary/aromatic N) is 1. The minimum absolute atomic E-state index is 0.174. The largest absolute Gasteiger partial charge is 0.366 e. The molecule has 6 nitrogen and oxygen atoms in total. The Morgan fingerprint density at radius 2 is 1.65 bits per heavy atom. The number of nitrogens with two attached hydrogens (primary N) is 1. The average Bonchev–Trinajstić information content (AvgIpc) is 2.54. The molecule has 0 aliphatic carbocycles. The van der Waals surface area contributed by atoms with Gasteiger partial charge in [-0.05, 0) is 36.4 Å². The van der Waals surface area contributed by atoms with E-state index in [2.05, 4.69) is 18.1 Å². The van der Waals surface area contributed by atoms with Crippen molar-refractivity contribution in [3.8, 4) is 0 Å². The van der Waals surface area contributed by atoms with Crippen LogP contribution in [0.2, 0.25) is 5.02 Å². The van der Waals surface area contributed by atoms with E-state index in [9.17, 15) is 14.4 Å². The van der Waals surface area contributed by atoms with Gasteiger partial charge in [-0.15, -0.1) is 0 Å². The number of rotatable bonds is 3. The van der Waals surface area contributed by atoms with Gasteiger partial charge in [0.05, 0.1) is 16.3 Å². The summed E-state index contributed by atoms with van der Waals surface area (Å²) in [4.78, 5) is 35.1. The lowest BCUT2D eigenvalue weighted by Gasteiger charge is -2.16. The molecule has 8 heteroatoms. The molecule has 0 aromatic heterocycles. The third-order valence-corrected chi connectivity index (χ3v) is 3.67. The molecule has 4 amide bonds. The molecule has 0 saturated carbocycles. The maximum Gasteiger partial charge on any atom is 0.338 e. The molecule has 0 aliphatic heterocycles. The van der Waals surface area contributed by atoms with Crippen LogP contribution in [0.1, 0.15) is 20.7 Å². The summed E-state index contributed by atoms with van der Waals surface area (Å²) in [5.41, 5.74) is 5.97. The zero-order chi connectivity index (χ0) is 17.0. The van der Waals surface area contributed by atoms with Gasteiger partial charge in [0, 0.05) is 5.56 Å². The first-order valence-corrected chi connectivity index (χ1v) is 7.16. The highest BCUT2D eigenvalue weighted by atomic mass is 35.5. The first-order chi connectivity index (χ1) is 10.9. The molecule has 2 rings (SSSR count). The van der Waals surface area contributed by atoms with Gasteiger partial charge < -0.3 is 5.73 Å². The molecule has 0 spiro atoms. The Balaban J connectivity index is 2.09. The van der Waals surface area contributed by atoms with Gasteiger partial charge in [-0.2, -0.15) is 0 Å². The number of hydrogen-bond acceptors (Lipinski definition) is 4. The summed E-state index contributed by atoms with van der Waals surface area (Å²) < 4.78 is 0.930. The van der Waals surface area contributed by atoms with Crippen molar-refractivity contribution in [2.75, 3.05) is 4.31 Å². The number of halogens is 1. The molecule has 0 bridgehead atoms. The lowest BCUT2D eigenvalue weighted by atomic mass is 10.2. The average molecular weight is 350 g/mol. The van der Waals surface area contributed by atoms with E-state index in [1.165, 1.54) is 30.3 Å².